The molecule has 1 aromatic carbocycles. The molecule has 0 radical (unpaired) electrons. The summed E-state index contributed by atoms with van der Waals surface area (Å²) in [5, 5.41) is 8.65. The molecule has 0 spiro atoms. The lowest BCUT2D eigenvalue weighted by molar-refractivity contribution is 0.680. The summed E-state index contributed by atoms with van der Waals surface area (Å²) >= 11 is 0. The van der Waals surface area contributed by atoms with E-state index in [1.165, 1.54) is 11.1 Å². The first-order valence-electron chi connectivity index (χ1n) is 4.71. The standard InChI is InChI=1S/C12H15N/c1-3-11(7-8-13)12-6-4-5-10(2)9-12/h4-6,9,11H,3,7H2,1-2H3. The second-order valence-electron chi connectivity index (χ2n) is 3.38. The van der Waals surface area contributed by atoms with Crippen molar-refractivity contribution in [3.8, 4) is 6.07 Å². The van der Waals surface area contributed by atoms with Gasteiger partial charge in [-0.1, -0.05) is 36.8 Å². The van der Waals surface area contributed by atoms with Gasteiger partial charge >= 0.3 is 0 Å². The van der Waals surface area contributed by atoms with Crippen LogP contribution in [0.4, 0.5) is 0 Å². The highest BCUT2D eigenvalue weighted by Crippen LogP contribution is 2.23. The maximum Gasteiger partial charge on any atom is 0.0628 e. The molecule has 0 saturated heterocycles. The quantitative estimate of drug-likeness (QED) is 0.687. The van der Waals surface area contributed by atoms with Crippen molar-refractivity contribution in [1.82, 2.24) is 0 Å². The molecule has 1 aromatic rings. The Kier molecular flexibility index (Phi) is 3.52. The van der Waals surface area contributed by atoms with Gasteiger partial charge in [0.1, 0.15) is 0 Å². The molecular formula is C12H15N. The van der Waals surface area contributed by atoms with Crippen molar-refractivity contribution < 1.29 is 0 Å². The van der Waals surface area contributed by atoms with Gasteiger partial charge < -0.3 is 0 Å². The molecule has 68 valence electrons. The predicted octanol–water partition coefficient (Wildman–Crippen LogP) is 3.40. The van der Waals surface area contributed by atoms with E-state index in [0.29, 0.717) is 12.3 Å². The lowest BCUT2D eigenvalue weighted by Crippen LogP contribution is -1.95. The fourth-order valence-corrected chi connectivity index (χ4v) is 1.53. The summed E-state index contributed by atoms with van der Waals surface area (Å²) in [4.78, 5) is 0. The van der Waals surface area contributed by atoms with Gasteiger partial charge in [0.15, 0.2) is 0 Å². The second-order valence-corrected chi connectivity index (χ2v) is 3.38. The summed E-state index contributed by atoms with van der Waals surface area (Å²) < 4.78 is 0. The molecule has 0 aliphatic carbocycles. The molecule has 0 fully saturated rings. The van der Waals surface area contributed by atoms with E-state index >= 15 is 0 Å². The summed E-state index contributed by atoms with van der Waals surface area (Å²) in [5.41, 5.74) is 2.57. The van der Waals surface area contributed by atoms with Crippen LogP contribution in [0.25, 0.3) is 0 Å². The summed E-state index contributed by atoms with van der Waals surface area (Å²) in [6.07, 6.45) is 1.66. The number of hydrogen-bond donors (Lipinski definition) is 0. The van der Waals surface area contributed by atoms with Crippen LogP contribution in [-0.2, 0) is 0 Å². The van der Waals surface area contributed by atoms with Gasteiger partial charge in [0.05, 0.1) is 6.07 Å². The van der Waals surface area contributed by atoms with Crippen LogP contribution in [0.3, 0.4) is 0 Å². The van der Waals surface area contributed by atoms with Crippen LogP contribution in [0.1, 0.15) is 36.8 Å². The third kappa shape index (κ3) is 2.59. The Hall–Kier alpha value is -1.29. The molecule has 0 aliphatic heterocycles. The van der Waals surface area contributed by atoms with Crippen molar-refractivity contribution in [2.75, 3.05) is 0 Å². The van der Waals surface area contributed by atoms with E-state index in [0.717, 1.165) is 6.42 Å². The Labute approximate surface area is 80.0 Å². The van der Waals surface area contributed by atoms with Crippen molar-refractivity contribution in [2.45, 2.75) is 32.6 Å². The number of nitriles is 1. The summed E-state index contributed by atoms with van der Waals surface area (Å²) in [6.45, 7) is 4.22. The van der Waals surface area contributed by atoms with E-state index in [2.05, 4.69) is 44.2 Å². The van der Waals surface area contributed by atoms with Crippen LogP contribution in [0.15, 0.2) is 24.3 Å². The normalized spacial score (nSPS) is 12.1. The first-order valence-corrected chi connectivity index (χ1v) is 4.71. The van der Waals surface area contributed by atoms with E-state index in [4.69, 9.17) is 5.26 Å². The van der Waals surface area contributed by atoms with Crippen LogP contribution >= 0.6 is 0 Å². The predicted molar refractivity (Wildman–Crippen MR) is 54.4 cm³/mol. The van der Waals surface area contributed by atoms with Crippen LogP contribution in [0, 0.1) is 18.3 Å². The number of aryl methyl sites for hydroxylation is 1. The average Bonchev–Trinajstić information content (AvgIpc) is 2.14. The fraction of sp³-hybridized carbons (Fsp3) is 0.417. The second kappa shape index (κ2) is 4.67. The highest BCUT2D eigenvalue weighted by atomic mass is 14.2. The molecule has 0 heterocycles. The molecule has 13 heavy (non-hydrogen) atoms. The third-order valence-corrected chi connectivity index (χ3v) is 2.34. The molecule has 0 aromatic heterocycles. The Morgan fingerprint density at radius 3 is 2.77 bits per heavy atom. The maximum atomic E-state index is 8.65. The zero-order valence-electron chi connectivity index (χ0n) is 8.25. The Morgan fingerprint density at radius 1 is 1.46 bits per heavy atom. The number of nitrogens with zero attached hydrogens (tertiary/aromatic N) is 1. The third-order valence-electron chi connectivity index (χ3n) is 2.34. The smallest absolute Gasteiger partial charge is 0.0628 e. The Balaban J connectivity index is 2.86. The van der Waals surface area contributed by atoms with Crippen LogP contribution in [0.5, 0.6) is 0 Å². The summed E-state index contributed by atoms with van der Waals surface area (Å²) in [5.74, 6) is 0.407. The van der Waals surface area contributed by atoms with Crippen molar-refractivity contribution in [2.24, 2.45) is 0 Å². The average molecular weight is 173 g/mol. The minimum atomic E-state index is 0.407. The summed E-state index contributed by atoms with van der Waals surface area (Å²) in [6, 6.07) is 10.7. The maximum absolute atomic E-state index is 8.65. The SMILES string of the molecule is CCC(CC#N)c1cccc(C)c1. The van der Waals surface area contributed by atoms with Crippen molar-refractivity contribution in [3.63, 3.8) is 0 Å². The van der Waals surface area contributed by atoms with Gasteiger partial charge in [-0.3, -0.25) is 0 Å². The zero-order chi connectivity index (χ0) is 9.68. The largest absolute Gasteiger partial charge is 0.198 e. The monoisotopic (exact) mass is 173 g/mol. The number of hydrogen-bond acceptors (Lipinski definition) is 1. The minimum Gasteiger partial charge on any atom is -0.198 e. The highest BCUT2D eigenvalue weighted by Gasteiger charge is 2.07. The van der Waals surface area contributed by atoms with Gasteiger partial charge in [-0.15, -0.1) is 0 Å². The van der Waals surface area contributed by atoms with Crippen LogP contribution in [-0.4, -0.2) is 0 Å². The molecule has 0 bridgehead atoms. The van der Waals surface area contributed by atoms with Crippen LogP contribution < -0.4 is 0 Å². The van der Waals surface area contributed by atoms with E-state index in [1.807, 2.05) is 0 Å². The first kappa shape index (κ1) is 9.80. The topological polar surface area (TPSA) is 23.8 Å². The molecule has 0 aliphatic rings. The molecule has 1 atom stereocenters. The van der Waals surface area contributed by atoms with E-state index in [-0.39, 0.29) is 0 Å². The van der Waals surface area contributed by atoms with Crippen LogP contribution in [0.2, 0.25) is 0 Å². The lowest BCUT2D eigenvalue weighted by atomic mass is 9.93. The molecule has 1 unspecified atom stereocenters. The number of rotatable bonds is 3. The van der Waals surface area contributed by atoms with Gasteiger partial charge in [0.2, 0.25) is 0 Å². The molecule has 1 rings (SSSR count). The Morgan fingerprint density at radius 2 is 2.23 bits per heavy atom. The molecule has 0 N–H and O–H groups in total. The number of benzene rings is 1. The van der Waals surface area contributed by atoms with E-state index in [9.17, 15) is 0 Å². The lowest BCUT2D eigenvalue weighted by Gasteiger charge is -2.11. The van der Waals surface area contributed by atoms with Crippen molar-refractivity contribution >= 4 is 0 Å². The molecular weight excluding hydrogens is 158 g/mol. The van der Waals surface area contributed by atoms with E-state index in [1.54, 1.807) is 0 Å². The first-order chi connectivity index (χ1) is 6.27. The van der Waals surface area contributed by atoms with Gasteiger partial charge in [0, 0.05) is 6.42 Å². The van der Waals surface area contributed by atoms with E-state index < -0.39 is 0 Å². The van der Waals surface area contributed by atoms with Gasteiger partial charge in [-0.2, -0.15) is 5.26 Å². The molecule has 1 nitrogen and oxygen atoms in total. The van der Waals surface area contributed by atoms with Crippen molar-refractivity contribution in [1.29, 1.82) is 5.26 Å². The van der Waals surface area contributed by atoms with Crippen molar-refractivity contribution in [3.05, 3.63) is 35.4 Å². The fourth-order valence-electron chi connectivity index (χ4n) is 1.53. The molecule has 1 heteroatoms. The van der Waals surface area contributed by atoms with Gasteiger partial charge in [-0.05, 0) is 24.8 Å². The Bertz CT molecular complexity index is 309. The minimum absolute atomic E-state index is 0.407. The molecule has 0 saturated carbocycles. The summed E-state index contributed by atoms with van der Waals surface area (Å²) in [7, 11) is 0. The zero-order valence-corrected chi connectivity index (χ0v) is 8.25. The highest BCUT2D eigenvalue weighted by molar-refractivity contribution is 5.26. The van der Waals surface area contributed by atoms with Gasteiger partial charge in [0.25, 0.3) is 0 Å². The molecule has 0 amide bonds. The van der Waals surface area contributed by atoms with Gasteiger partial charge in [-0.25, -0.2) is 0 Å².